The Bertz CT molecular complexity index is 383. The van der Waals surface area contributed by atoms with Gasteiger partial charge in [-0.15, -0.1) is 0 Å². The molecule has 18 heavy (non-hydrogen) atoms. The first-order valence-electron chi connectivity index (χ1n) is 6.67. The Labute approximate surface area is 109 Å². The van der Waals surface area contributed by atoms with E-state index in [0.29, 0.717) is 6.61 Å². The number of nitrogens with one attached hydrogen (secondary N) is 1. The molecule has 0 atom stereocenters. The number of rotatable bonds is 5. The van der Waals surface area contributed by atoms with Gasteiger partial charge >= 0.3 is 0 Å². The van der Waals surface area contributed by atoms with Gasteiger partial charge in [-0.05, 0) is 38.4 Å². The number of hydrogen-bond donors (Lipinski definition) is 1. The molecule has 0 saturated carbocycles. The molecule has 0 unspecified atom stereocenters. The van der Waals surface area contributed by atoms with Gasteiger partial charge in [-0.2, -0.15) is 0 Å². The Morgan fingerprint density at radius 1 is 1.28 bits per heavy atom. The largest absolute Gasteiger partial charge is 0.374 e. The monoisotopic (exact) mass is 247 g/mol. The van der Waals surface area contributed by atoms with Crippen molar-refractivity contribution in [3.63, 3.8) is 0 Å². The molecule has 0 radical (unpaired) electrons. The van der Waals surface area contributed by atoms with Gasteiger partial charge in [-0.3, -0.25) is 4.79 Å². The van der Waals surface area contributed by atoms with Crippen LogP contribution in [0.4, 0.5) is 0 Å². The molecule has 1 saturated heterocycles. The summed E-state index contributed by atoms with van der Waals surface area (Å²) in [4.78, 5) is 12.5. The van der Waals surface area contributed by atoms with Gasteiger partial charge in [0.05, 0.1) is 5.41 Å². The van der Waals surface area contributed by atoms with Crippen LogP contribution in [0.3, 0.4) is 0 Å². The molecule has 1 aliphatic heterocycles. The fourth-order valence-electron chi connectivity index (χ4n) is 2.67. The van der Waals surface area contributed by atoms with Crippen LogP contribution in [-0.2, 0) is 14.9 Å². The molecule has 1 N–H and O–H groups in total. The van der Waals surface area contributed by atoms with E-state index in [1.807, 2.05) is 25.1 Å². The molecule has 98 valence electrons. The number of carbonyl (C=O) groups is 1. The van der Waals surface area contributed by atoms with E-state index < -0.39 is 0 Å². The molecule has 0 amide bonds. The van der Waals surface area contributed by atoms with Crippen molar-refractivity contribution in [3.05, 3.63) is 35.9 Å². The minimum atomic E-state index is -0.346. The lowest BCUT2D eigenvalue weighted by molar-refractivity contribution is -0.130. The molecule has 1 aromatic rings. The maximum absolute atomic E-state index is 12.5. The normalized spacial score (nSPS) is 18.5. The van der Waals surface area contributed by atoms with Gasteiger partial charge in [-0.25, -0.2) is 0 Å². The maximum atomic E-state index is 12.5. The summed E-state index contributed by atoms with van der Waals surface area (Å²) in [5, 5.41) is 3.33. The summed E-state index contributed by atoms with van der Waals surface area (Å²) in [7, 11) is 0. The summed E-state index contributed by atoms with van der Waals surface area (Å²) in [6.07, 6.45) is 1.73. The second kappa shape index (κ2) is 6.12. The number of benzene rings is 1. The highest BCUT2D eigenvalue weighted by molar-refractivity contribution is 5.91. The Hall–Kier alpha value is -1.19. The molecule has 3 nitrogen and oxygen atoms in total. The third-order valence-electron chi connectivity index (χ3n) is 3.75. The minimum absolute atomic E-state index is 0.219. The van der Waals surface area contributed by atoms with E-state index in [0.717, 1.165) is 31.5 Å². The lowest BCUT2D eigenvalue weighted by Crippen LogP contribution is -2.47. The van der Waals surface area contributed by atoms with Crippen LogP contribution in [0.2, 0.25) is 0 Å². The zero-order valence-electron chi connectivity index (χ0n) is 10.9. The van der Waals surface area contributed by atoms with Gasteiger partial charge in [0.2, 0.25) is 0 Å². The molecule has 1 fully saturated rings. The highest BCUT2D eigenvalue weighted by Crippen LogP contribution is 2.34. The van der Waals surface area contributed by atoms with Crippen LogP contribution in [0.25, 0.3) is 0 Å². The number of carbonyl (C=O) groups excluding carboxylic acids is 1. The van der Waals surface area contributed by atoms with Crippen LogP contribution in [0.15, 0.2) is 30.3 Å². The van der Waals surface area contributed by atoms with Crippen molar-refractivity contribution in [3.8, 4) is 0 Å². The predicted octanol–water partition coefficient (Wildman–Crippen LogP) is 1.91. The predicted molar refractivity (Wildman–Crippen MR) is 71.7 cm³/mol. The molecular formula is C15H21NO2. The molecule has 0 bridgehead atoms. The average molecular weight is 247 g/mol. The Morgan fingerprint density at radius 3 is 2.56 bits per heavy atom. The Morgan fingerprint density at radius 2 is 1.94 bits per heavy atom. The highest BCUT2D eigenvalue weighted by atomic mass is 16.5. The second-order valence-corrected chi connectivity index (χ2v) is 4.76. The van der Waals surface area contributed by atoms with Crippen molar-refractivity contribution in [2.75, 3.05) is 26.3 Å². The quantitative estimate of drug-likeness (QED) is 0.864. The number of ether oxygens (including phenoxy) is 1. The van der Waals surface area contributed by atoms with Crippen LogP contribution in [-0.4, -0.2) is 32.1 Å². The van der Waals surface area contributed by atoms with Crippen LogP contribution in [0.1, 0.15) is 25.3 Å². The molecule has 0 aliphatic carbocycles. The Balaban J connectivity index is 2.25. The topological polar surface area (TPSA) is 38.3 Å². The van der Waals surface area contributed by atoms with E-state index in [-0.39, 0.29) is 17.8 Å². The SMILES string of the molecule is CCOCC(=O)C1(c2ccccc2)CCNCC1. The molecule has 1 aromatic carbocycles. The van der Waals surface area contributed by atoms with Crippen LogP contribution in [0.5, 0.6) is 0 Å². The summed E-state index contributed by atoms with van der Waals surface area (Å²) in [6.45, 7) is 4.53. The van der Waals surface area contributed by atoms with E-state index in [9.17, 15) is 4.79 Å². The third kappa shape index (κ3) is 2.62. The highest BCUT2D eigenvalue weighted by Gasteiger charge is 2.40. The summed E-state index contributed by atoms with van der Waals surface area (Å²) < 4.78 is 5.33. The van der Waals surface area contributed by atoms with Crippen molar-refractivity contribution in [2.24, 2.45) is 0 Å². The molecule has 2 rings (SSSR count). The molecule has 3 heteroatoms. The van der Waals surface area contributed by atoms with Crippen molar-refractivity contribution >= 4 is 5.78 Å². The molecule has 1 aliphatic rings. The fraction of sp³-hybridized carbons (Fsp3) is 0.533. The van der Waals surface area contributed by atoms with Gasteiger partial charge in [-0.1, -0.05) is 30.3 Å². The first-order valence-corrected chi connectivity index (χ1v) is 6.67. The number of Topliss-reactive ketones (excluding diaryl/α,β-unsaturated/α-hetero) is 1. The van der Waals surface area contributed by atoms with E-state index in [2.05, 4.69) is 17.4 Å². The van der Waals surface area contributed by atoms with E-state index >= 15 is 0 Å². The lowest BCUT2D eigenvalue weighted by Gasteiger charge is -2.36. The maximum Gasteiger partial charge on any atom is 0.169 e. The number of piperidine rings is 1. The molecule has 0 aromatic heterocycles. The average Bonchev–Trinajstić information content (AvgIpc) is 2.46. The van der Waals surface area contributed by atoms with Crippen molar-refractivity contribution in [2.45, 2.75) is 25.2 Å². The van der Waals surface area contributed by atoms with Gasteiger partial charge < -0.3 is 10.1 Å². The smallest absolute Gasteiger partial charge is 0.169 e. The van der Waals surface area contributed by atoms with E-state index in [4.69, 9.17) is 4.74 Å². The van der Waals surface area contributed by atoms with E-state index in [1.165, 1.54) is 0 Å². The fourth-order valence-corrected chi connectivity index (χ4v) is 2.67. The van der Waals surface area contributed by atoms with Gasteiger partial charge in [0, 0.05) is 6.61 Å². The lowest BCUT2D eigenvalue weighted by atomic mass is 9.70. The minimum Gasteiger partial charge on any atom is -0.374 e. The molecule has 0 spiro atoms. The van der Waals surface area contributed by atoms with Gasteiger partial charge in [0.15, 0.2) is 5.78 Å². The Kier molecular flexibility index (Phi) is 4.50. The summed E-state index contributed by atoms with van der Waals surface area (Å²) >= 11 is 0. The number of ketones is 1. The zero-order valence-corrected chi connectivity index (χ0v) is 10.9. The van der Waals surface area contributed by atoms with E-state index in [1.54, 1.807) is 0 Å². The first-order chi connectivity index (χ1) is 8.79. The van der Waals surface area contributed by atoms with Crippen molar-refractivity contribution in [1.82, 2.24) is 5.32 Å². The van der Waals surface area contributed by atoms with Gasteiger partial charge in [0.1, 0.15) is 6.61 Å². The van der Waals surface area contributed by atoms with Gasteiger partial charge in [0.25, 0.3) is 0 Å². The molecule has 1 heterocycles. The third-order valence-corrected chi connectivity index (χ3v) is 3.75. The summed E-state index contributed by atoms with van der Waals surface area (Å²) in [6, 6.07) is 10.1. The first kappa shape index (κ1) is 13.2. The van der Waals surface area contributed by atoms with Crippen LogP contribution in [0, 0.1) is 0 Å². The van der Waals surface area contributed by atoms with Crippen LogP contribution >= 0.6 is 0 Å². The second-order valence-electron chi connectivity index (χ2n) is 4.76. The molecular weight excluding hydrogens is 226 g/mol. The zero-order chi connectivity index (χ0) is 12.8. The summed E-state index contributed by atoms with van der Waals surface area (Å²) in [5.74, 6) is 0.219. The summed E-state index contributed by atoms with van der Waals surface area (Å²) in [5.41, 5.74) is 0.790. The number of hydrogen-bond acceptors (Lipinski definition) is 3. The standard InChI is InChI=1S/C15H21NO2/c1-2-18-12-14(17)15(8-10-16-11-9-15)13-6-4-3-5-7-13/h3-7,16H,2,8-12H2,1H3. The van der Waals surface area contributed by atoms with Crippen molar-refractivity contribution < 1.29 is 9.53 Å². The van der Waals surface area contributed by atoms with Crippen LogP contribution < -0.4 is 5.32 Å². The van der Waals surface area contributed by atoms with Crippen molar-refractivity contribution in [1.29, 1.82) is 0 Å².